The van der Waals surface area contributed by atoms with Crippen molar-refractivity contribution in [1.29, 1.82) is 0 Å². The minimum Gasteiger partial charge on any atom is -0.481 e. The number of hydrogen-bond donors (Lipinski definition) is 1. The zero-order valence-corrected chi connectivity index (χ0v) is 13.1. The van der Waals surface area contributed by atoms with Crippen LogP contribution in [-0.4, -0.2) is 35.0 Å². The number of furan rings is 1. The highest BCUT2D eigenvalue weighted by Gasteiger charge is 2.39. The van der Waals surface area contributed by atoms with E-state index >= 15 is 4.39 Å². The fourth-order valence-corrected chi connectivity index (χ4v) is 3.13. The maximum Gasteiger partial charge on any atom is 0.311 e. The van der Waals surface area contributed by atoms with E-state index in [1.165, 1.54) is 17.2 Å². The molecule has 2 aromatic rings. The van der Waals surface area contributed by atoms with Gasteiger partial charge < -0.3 is 14.4 Å². The molecule has 1 fully saturated rings. The molecule has 5 nitrogen and oxygen atoms in total. The number of hydrogen-bond acceptors (Lipinski definition) is 3. The van der Waals surface area contributed by atoms with Crippen LogP contribution in [0.15, 0.2) is 47.1 Å². The predicted molar refractivity (Wildman–Crippen MR) is 84.4 cm³/mol. The Labute approximate surface area is 138 Å². The third kappa shape index (κ3) is 3.18. The number of carbonyl (C=O) groups is 2. The minimum absolute atomic E-state index is 0.0481. The van der Waals surface area contributed by atoms with Crippen molar-refractivity contribution in [3.63, 3.8) is 0 Å². The fourth-order valence-electron chi connectivity index (χ4n) is 3.13. The van der Waals surface area contributed by atoms with Crippen LogP contribution in [0.1, 0.15) is 34.5 Å². The maximum atomic E-state index is 15.4. The molecule has 3 rings (SSSR count). The molecule has 1 aromatic carbocycles. The summed E-state index contributed by atoms with van der Waals surface area (Å²) in [6.45, 7) is 0.391. The molecule has 0 aliphatic carbocycles. The molecule has 126 valence electrons. The van der Waals surface area contributed by atoms with Crippen LogP contribution in [0, 0.1) is 0 Å². The number of aliphatic carboxylic acids is 1. The van der Waals surface area contributed by atoms with Crippen LogP contribution < -0.4 is 0 Å². The molecule has 0 saturated carbocycles. The summed E-state index contributed by atoms with van der Waals surface area (Å²) in [7, 11) is 0. The summed E-state index contributed by atoms with van der Waals surface area (Å²) in [4.78, 5) is 25.0. The lowest BCUT2D eigenvalue weighted by molar-refractivity contribution is -0.136. The first-order valence-electron chi connectivity index (χ1n) is 7.81. The largest absolute Gasteiger partial charge is 0.481 e. The highest BCUT2D eigenvalue weighted by molar-refractivity contribution is 5.96. The van der Waals surface area contributed by atoms with Crippen molar-refractivity contribution in [2.75, 3.05) is 13.1 Å². The molecule has 1 aromatic heterocycles. The van der Waals surface area contributed by atoms with Gasteiger partial charge in [0.05, 0.1) is 18.4 Å². The van der Waals surface area contributed by atoms with Crippen molar-refractivity contribution in [2.45, 2.75) is 24.9 Å². The van der Waals surface area contributed by atoms with E-state index in [4.69, 9.17) is 9.52 Å². The number of carboxylic acids is 1. The highest BCUT2D eigenvalue weighted by atomic mass is 19.1. The van der Waals surface area contributed by atoms with Crippen molar-refractivity contribution >= 4 is 11.9 Å². The molecule has 0 spiro atoms. The number of benzene rings is 1. The Bertz CT molecular complexity index is 742. The molecule has 1 unspecified atom stereocenters. The van der Waals surface area contributed by atoms with Crippen LogP contribution in [-0.2, 0) is 16.9 Å². The van der Waals surface area contributed by atoms with Gasteiger partial charge in [-0.25, -0.2) is 4.39 Å². The molecule has 1 atom stereocenters. The first-order valence-corrected chi connectivity index (χ1v) is 7.81. The van der Waals surface area contributed by atoms with E-state index in [9.17, 15) is 9.59 Å². The molecule has 0 radical (unpaired) electrons. The van der Waals surface area contributed by atoms with E-state index in [-0.39, 0.29) is 24.3 Å². The quantitative estimate of drug-likeness (QED) is 0.935. The van der Waals surface area contributed by atoms with Gasteiger partial charge in [0, 0.05) is 6.54 Å². The molecule has 1 saturated heterocycles. The molecule has 1 aliphatic heterocycles. The third-order valence-corrected chi connectivity index (χ3v) is 4.31. The van der Waals surface area contributed by atoms with Crippen LogP contribution >= 0.6 is 0 Å². The molecule has 24 heavy (non-hydrogen) atoms. The SMILES string of the molecule is O=C(O)Cc1occc1C(=O)N1CCCC(F)(c2ccccc2)C1. The van der Waals surface area contributed by atoms with Gasteiger partial charge in [-0.3, -0.25) is 9.59 Å². The van der Waals surface area contributed by atoms with Crippen LogP contribution in [0.25, 0.3) is 0 Å². The summed E-state index contributed by atoms with van der Waals surface area (Å²) in [5.74, 6) is -1.37. The number of nitrogens with zero attached hydrogens (tertiary/aromatic N) is 1. The monoisotopic (exact) mass is 331 g/mol. The molecule has 2 heterocycles. The normalized spacial score (nSPS) is 20.8. The Kier molecular flexibility index (Phi) is 4.38. The van der Waals surface area contributed by atoms with Crippen LogP contribution in [0.5, 0.6) is 0 Å². The molecule has 0 bridgehead atoms. The number of alkyl halides is 1. The molecular formula is C18H18FNO4. The van der Waals surface area contributed by atoms with E-state index in [1.54, 1.807) is 24.3 Å². The van der Waals surface area contributed by atoms with Gasteiger partial charge in [0.2, 0.25) is 0 Å². The van der Waals surface area contributed by atoms with E-state index in [0.29, 0.717) is 24.9 Å². The molecule has 1 amide bonds. The Morgan fingerprint density at radius 2 is 2.00 bits per heavy atom. The first kappa shape index (κ1) is 16.2. The van der Waals surface area contributed by atoms with Gasteiger partial charge in [0.1, 0.15) is 12.2 Å². The van der Waals surface area contributed by atoms with Crippen molar-refractivity contribution in [2.24, 2.45) is 0 Å². The lowest BCUT2D eigenvalue weighted by atomic mass is 9.87. The van der Waals surface area contributed by atoms with Crippen molar-refractivity contribution in [3.8, 4) is 0 Å². The Hall–Kier alpha value is -2.63. The second kappa shape index (κ2) is 6.47. The van der Waals surface area contributed by atoms with Gasteiger partial charge in [-0.1, -0.05) is 30.3 Å². The lowest BCUT2D eigenvalue weighted by Gasteiger charge is -2.37. The number of rotatable bonds is 4. The fraction of sp³-hybridized carbons (Fsp3) is 0.333. The Balaban J connectivity index is 1.81. The van der Waals surface area contributed by atoms with Crippen molar-refractivity contribution in [1.82, 2.24) is 4.90 Å². The molecule has 1 aliphatic rings. The van der Waals surface area contributed by atoms with Crippen LogP contribution in [0.4, 0.5) is 4.39 Å². The van der Waals surface area contributed by atoms with Gasteiger partial charge in [-0.15, -0.1) is 0 Å². The number of carboxylic acid groups (broad SMARTS) is 1. The molecule has 6 heteroatoms. The standard InChI is InChI=1S/C18H18FNO4/c19-18(13-5-2-1-3-6-13)8-4-9-20(12-18)17(23)14-7-10-24-15(14)11-16(21)22/h1-3,5-7,10H,4,8-9,11-12H2,(H,21,22). The number of halogens is 1. The third-order valence-electron chi connectivity index (χ3n) is 4.31. The Morgan fingerprint density at radius 1 is 1.25 bits per heavy atom. The minimum atomic E-state index is -1.59. The lowest BCUT2D eigenvalue weighted by Crippen LogP contribution is -2.46. The van der Waals surface area contributed by atoms with Crippen LogP contribution in [0.3, 0.4) is 0 Å². The van der Waals surface area contributed by atoms with Crippen molar-refractivity contribution < 1.29 is 23.5 Å². The van der Waals surface area contributed by atoms with Gasteiger partial charge >= 0.3 is 5.97 Å². The van der Waals surface area contributed by atoms with Crippen LogP contribution in [0.2, 0.25) is 0 Å². The summed E-state index contributed by atoms with van der Waals surface area (Å²) in [6, 6.07) is 10.3. The molecule has 1 N–H and O–H groups in total. The average molecular weight is 331 g/mol. The summed E-state index contributed by atoms with van der Waals surface area (Å²) in [6.07, 6.45) is 1.81. The number of likely N-dealkylation sites (tertiary alicyclic amines) is 1. The zero-order chi connectivity index (χ0) is 17.2. The first-order chi connectivity index (χ1) is 11.5. The van der Waals surface area contributed by atoms with E-state index < -0.39 is 17.5 Å². The summed E-state index contributed by atoms with van der Waals surface area (Å²) < 4.78 is 20.5. The number of piperidine rings is 1. The van der Waals surface area contributed by atoms with Gasteiger partial charge in [-0.05, 0) is 24.5 Å². The van der Waals surface area contributed by atoms with Gasteiger partial charge in [-0.2, -0.15) is 0 Å². The summed E-state index contributed by atoms with van der Waals surface area (Å²) >= 11 is 0. The summed E-state index contributed by atoms with van der Waals surface area (Å²) in [5.41, 5.74) is -0.846. The Morgan fingerprint density at radius 3 is 2.71 bits per heavy atom. The topological polar surface area (TPSA) is 70.7 Å². The number of carbonyl (C=O) groups excluding carboxylic acids is 1. The second-order valence-corrected chi connectivity index (χ2v) is 5.99. The highest BCUT2D eigenvalue weighted by Crippen LogP contribution is 2.36. The van der Waals surface area contributed by atoms with Crippen molar-refractivity contribution in [3.05, 3.63) is 59.5 Å². The van der Waals surface area contributed by atoms with Gasteiger partial charge in [0.25, 0.3) is 5.91 Å². The smallest absolute Gasteiger partial charge is 0.311 e. The molecular weight excluding hydrogens is 313 g/mol. The zero-order valence-electron chi connectivity index (χ0n) is 13.1. The van der Waals surface area contributed by atoms with E-state index in [1.807, 2.05) is 6.07 Å². The average Bonchev–Trinajstić information content (AvgIpc) is 3.02. The second-order valence-electron chi connectivity index (χ2n) is 5.99. The van der Waals surface area contributed by atoms with Gasteiger partial charge in [0.15, 0.2) is 5.67 Å². The number of amides is 1. The maximum absolute atomic E-state index is 15.4. The van der Waals surface area contributed by atoms with E-state index in [2.05, 4.69) is 0 Å². The summed E-state index contributed by atoms with van der Waals surface area (Å²) in [5, 5.41) is 8.89. The van der Waals surface area contributed by atoms with E-state index in [0.717, 1.165) is 0 Å². The predicted octanol–water partition coefficient (Wildman–Crippen LogP) is 3.01.